The van der Waals surface area contributed by atoms with E-state index in [0.29, 0.717) is 0 Å². The lowest BCUT2D eigenvalue weighted by molar-refractivity contribution is -0.116. The molecule has 0 aliphatic carbocycles. The van der Waals surface area contributed by atoms with E-state index < -0.39 is 0 Å². The van der Waals surface area contributed by atoms with Gasteiger partial charge in [0.25, 0.3) is 0 Å². The zero-order valence-corrected chi connectivity index (χ0v) is 11.2. The average molecular weight is 234 g/mol. The van der Waals surface area contributed by atoms with Gasteiger partial charge in [-0.3, -0.25) is 4.79 Å². The minimum atomic E-state index is 0.129. The van der Waals surface area contributed by atoms with E-state index in [1.54, 1.807) is 6.92 Å². The Morgan fingerprint density at radius 2 is 2.06 bits per heavy atom. The van der Waals surface area contributed by atoms with Crippen LogP contribution >= 0.6 is 0 Å². The third-order valence-electron chi connectivity index (χ3n) is 2.87. The first kappa shape index (κ1) is 13.6. The number of anilines is 2. The van der Waals surface area contributed by atoms with E-state index in [-0.39, 0.29) is 5.91 Å². The number of fused-ring (bicyclic) bond motifs is 1. The number of nitrogens with zero attached hydrogens (tertiary/aromatic N) is 1. The minimum Gasteiger partial charge on any atom is -0.388 e. The molecule has 3 heteroatoms. The highest BCUT2D eigenvalue weighted by atomic mass is 16.2. The van der Waals surface area contributed by atoms with Crippen LogP contribution in [0.5, 0.6) is 0 Å². The van der Waals surface area contributed by atoms with Crippen molar-refractivity contribution in [3.63, 3.8) is 0 Å². The number of benzene rings is 1. The number of carbonyl (C=O) groups excluding carboxylic acids is 1. The highest BCUT2D eigenvalue weighted by Gasteiger charge is 2.19. The molecule has 3 nitrogen and oxygen atoms in total. The third kappa shape index (κ3) is 2.99. The molecule has 1 N–H and O–H groups in total. The summed E-state index contributed by atoms with van der Waals surface area (Å²) in [4.78, 5) is 13.3. The van der Waals surface area contributed by atoms with Gasteiger partial charge in [-0.1, -0.05) is 19.9 Å². The van der Waals surface area contributed by atoms with Crippen molar-refractivity contribution in [1.82, 2.24) is 0 Å². The molecule has 2 rings (SSSR count). The Morgan fingerprint density at radius 3 is 2.65 bits per heavy atom. The fraction of sp³-hybridized carbons (Fsp3) is 0.500. The summed E-state index contributed by atoms with van der Waals surface area (Å²) in [5.74, 6) is 0.129. The maximum absolute atomic E-state index is 11.5. The number of aryl methyl sites for hydroxylation is 1. The van der Waals surface area contributed by atoms with Crippen LogP contribution in [-0.4, -0.2) is 19.5 Å². The number of rotatable bonds is 1. The quantitative estimate of drug-likeness (QED) is 0.810. The molecule has 1 amide bonds. The average Bonchev–Trinajstić information content (AvgIpc) is 2.39. The number of amides is 1. The molecule has 1 aliphatic rings. The highest BCUT2D eigenvalue weighted by Crippen LogP contribution is 2.29. The second kappa shape index (κ2) is 6.28. The second-order valence-electron chi connectivity index (χ2n) is 3.87. The molecule has 0 aromatic heterocycles. The number of carbonyl (C=O) groups is 1. The lowest BCUT2D eigenvalue weighted by Crippen LogP contribution is -2.33. The lowest BCUT2D eigenvalue weighted by Gasteiger charge is -2.29. The predicted molar refractivity (Wildman–Crippen MR) is 73.7 cm³/mol. The second-order valence-corrected chi connectivity index (χ2v) is 3.87. The molecule has 17 heavy (non-hydrogen) atoms. The molecule has 94 valence electrons. The predicted octanol–water partition coefficient (Wildman–Crippen LogP) is 3.05. The molecule has 0 saturated heterocycles. The van der Waals surface area contributed by atoms with E-state index in [9.17, 15) is 4.79 Å². The summed E-state index contributed by atoms with van der Waals surface area (Å²) in [6, 6.07) is 6.22. The first-order chi connectivity index (χ1) is 8.22. The topological polar surface area (TPSA) is 32.3 Å². The molecule has 0 radical (unpaired) electrons. The van der Waals surface area contributed by atoms with Crippen molar-refractivity contribution in [2.75, 3.05) is 23.8 Å². The van der Waals surface area contributed by atoms with Gasteiger partial charge >= 0.3 is 0 Å². The molecule has 1 aromatic carbocycles. The van der Waals surface area contributed by atoms with Crippen LogP contribution in [-0.2, 0) is 11.2 Å². The fourth-order valence-electron chi connectivity index (χ4n) is 2.06. The van der Waals surface area contributed by atoms with Crippen molar-refractivity contribution in [2.45, 2.75) is 33.6 Å². The number of hydrogen-bond donors (Lipinski definition) is 1. The zero-order valence-electron chi connectivity index (χ0n) is 11.2. The van der Waals surface area contributed by atoms with Crippen molar-refractivity contribution in [3.05, 3.63) is 23.8 Å². The van der Waals surface area contributed by atoms with E-state index in [2.05, 4.69) is 23.5 Å². The van der Waals surface area contributed by atoms with Crippen LogP contribution in [0.4, 0.5) is 11.4 Å². The van der Waals surface area contributed by atoms with Gasteiger partial charge in [0.05, 0.1) is 0 Å². The summed E-state index contributed by atoms with van der Waals surface area (Å²) in [7, 11) is 1.89. The first-order valence-electron chi connectivity index (χ1n) is 6.31. The third-order valence-corrected chi connectivity index (χ3v) is 2.87. The molecule has 0 fully saturated rings. The Labute approximate surface area is 104 Å². The molecule has 1 aliphatic heterocycles. The molecular weight excluding hydrogens is 212 g/mol. The Hall–Kier alpha value is -1.51. The standard InChI is InChI=1S/C12H16N2O.C2H6/c1-9(15)14-7-3-4-10-5-6-11(13-2)8-12(10)14;1-2/h5-6,8,13H,3-4,7H2,1-2H3;1-2H3. The normalized spacial score (nSPS) is 13.3. The molecule has 0 bridgehead atoms. The van der Waals surface area contributed by atoms with Gasteiger partial charge in [-0.15, -0.1) is 0 Å². The van der Waals surface area contributed by atoms with Crippen molar-refractivity contribution in [1.29, 1.82) is 0 Å². The molecule has 1 aromatic rings. The van der Waals surface area contributed by atoms with Crippen LogP contribution in [0.3, 0.4) is 0 Å². The smallest absolute Gasteiger partial charge is 0.223 e. The van der Waals surface area contributed by atoms with Gasteiger partial charge in [-0.2, -0.15) is 0 Å². The molecule has 0 atom stereocenters. The van der Waals surface area contributed by atoms with Crippen LogP contribution in [0.2, 0.25) is 0 Å². The van der Waals surface area contributed by atoms with E-state index in [0.717, 1.165) is 30.8 Å². The van der Waals surface area contributed by atoms with Crippen molar-refractivity contribution < 1.29 is 4.79 Å². The number of nitrogens with one attached hydrogen (secondary N) is 1. The van der Waals surface area contributed by atoms with Crippen molar-refractivity contribution >= 4 is 17.3 Å². The Morgan fingerprint density at radius 1 is 1.35 bits per heavy atom. The molecular formula is C14H22N2O. The largest absolute Gasteiger partial charge is 0.388 e. The van der Waals surface area contributed by atoms with Gasteiger partial charge in [0.2, 0.25) is 5.91 Å². The van der Waals surface area contributed by atoms with Crippen LogP contribution in [0.25, 0.3) is 0 Å². The van der Waals surface area contributed by atoms with Crippen LogP contribution < -0.4 is 10.2 Å². The minimum absolute atomic E-state index is 0.129. The maximum atomic E-state index is 11.5. The van der Waals surface area contributed by atoms with Crippen LogP contribution in [0, 0.1) is 0 Å². The van der Waals surface area contributed by atoms with Gasteiger partial charge < -0.3 is 10.2 Å². The van der Waals surface area contributed by atoms with Gasteiger partial charge in [-0.25, -0.2) is 0 Å². The summed E-state index contributed by atoms with van der Waals surface area (Å²) >= 11 is 0. The van der Waals surface area contributed by atoms with Crippen molar-refractivity contribution in [2.24, 2.45) is 0 Å². The van der Waals surface area contributed by atoms with Gasteiger partial charge in [0, 0.05) is 31.9 Å². The molecule has 1 heterocycles. The summed E-state index contributed by atoms with van der Waals surface area (Å²) in [6.07, 6.45) is 2.13. The van der Waals surface area contributed by atoms with E-state index >= 15 is 0 Å². The molecule has 0 spiro atoms. The lowest BCUT2D eigenvalue weighted by atomic mass is 10.0. The SMILES string of the molecule is CC.CNc1ccc2c(c1)N(C(C)=O)CCC2. The summed E-state index contributed by atoms with van der Waals surface area (Å²) in [5.41, 5.74) is 3.40. The molecule has 0 unspecified atom stereocenters. The van der Waals surface area contributed by atoms with Crippen LogP contribution in [0.1, 0.15) is 32.8 Å². The molecule has 0 saturated carbocycles. The van der Waals surface area contributed by atoms with E-state index in [4.69, 9.17) is 0 Å². The maximum Gasteiger partial charge on any atom is 0.223 e. The Balaban J connectivity index is 0.000000686. The first-order valence-corrected chi connectivity index (χ1v) is 6.31. The van der Waals surface area contributed by atoms with Crippen molar-refractivity contribution in [3.8, 4) is 0 Å². The van der Waals surface area contributed by atoms with Gasteiger partial charge in [-0.05, 0) is 30.5 Å². The number of hydrogen-bond acceptors (Lipinski definition) is 2. The Kier molecular flexibility index (Phi) is 5.01. The van der Waals surface area contributed by atoms with Gasteiger partial charge in [0.1, 0.15) is 0 Å². The van der Waals surface area contributed by atoms with E-state index in [1.165, 1.54) is 5.56 Å². The summed E-state index contributed by atoms with van der Waals surface area (Å²) in [5, 5.41) is 3.10. The summed E-state index contributed by atoms with van der Waals surface area (Å²) < 4.78 is 0. The highest BCUT2D eigenvalue weighted by molar-refractivity contribution is 5.93. The van der Waals surface area contributed by atoms with Crippen LogP contribution in [0.15, 0.2) is 18.2 Å². The van der Waals surface area contributed by atoms with Gasteiger partial charge in [0.15, 0.2) is 0 Å². The van der Waals surface area contributed by atoms with E-state index in [1.807, 2.05) is 25.8 Å². The zero-order chi connectivity index (χ0) is 12.8. The Bertz CT molecular complexity index is 388. The summed E-state index contributed by atoms with van der Waals surface area (Å²) in [6.45, 7) is 6.47. The monoisotopic (exact) mass is 234 g/mol. The fourth-order valence-corrected chi connectivity index (χ4v) is 2.06.